The molecule has 2 aromatic rings. The molecule has 3 rings (SSSR count). The number of carbonyl (C=O) groups is 2. The summed E-state index contributed by atoms with van der Waals surface area (Å²) in [7, 11) is 0. The fourth-order valence-electron chi connectivity index (χ4n) is 2.98. The molecule has 0 bridgehead atoms. The zero-order valence-corrected chi connectivity index (χ0v) is 13.4. The van der Waals surface area contributed by atoms with Crippen molar-refractivity contribution in [2.45, 2.75) is 31.9 Å². The third-order valence-electron chi connectivity index (χ3n) is 4.20. The topological polar surface area (TPSA) is 75.6 Å². The van der Waals surface area contributed by atoms with E-state index in [1.807, 2.05) is 55.5 Å². The lowest BCUT2D eigenvalue weighted by atomic mass is 9.98. The number of para-hydroxylation sites is 1. The molecule has 0 fully saturated rings. The summed E-state index contributed by atoms with van der Waals surface area (Å²) in [5.41, 5.74) is 2.74. The molecule has 1 aliphatic heterocycles. The fourth-order valence-corrected chi connectivity index (χ4v) is 2.98. The van der Waals surface area contributed by atoms with Gasteiger partial charge in [-0.3, -0.25) is 9.59 Å². The molecule has 0 saturated heterocycles. The van der Waals surface area contributed by atoms with Gasteiger partial charge in [-0.05, 0) is 29.7 Å². The maximum absolute atomic E-state index is 12.6. The summed E-state index contributed by atoms with van der Waals surface area (Å²) in [6.45, 7) is 1.90. The molecule has 5 nitrogen and oxygen atoms in total. The predicted molar refractivity (Wildman–Crippen MR) is 88.9 cm³/mol. The quantitative estimate of drug-likeness (QED) is 0.886. The number of fused-ring (bicyclic) bond motifs is 1. The number of carboxylic acids is 1. The second-order valence-electron chi connectivity index (χ2n) is 5.93. The first-order valence-electron chi connectivity index (χ1n) is 7.87. The van der Waals surface area contributed by atoms with Crippen LogP contribution in [0.5, 0.6) is 5.75 Å². The maximum atomic E-state index is 12.6. The van der Waals surface area contributed by atoms with Crippen molar-refractivity contribution >= 4 is 11.9 Å². The molecule has 2 aromatic carbocycles. The predicted octanol–water partition coefficient (Wildman–Crippen LogP) is 2.63. The van der Waals surface area contributed by atoms with Crippen molar-refractivity contribution < 1.29 is 19.4 Å². The average molecular weight is 325 g/mol. The molecule has 124 valence electrons. The van der Waals surface area contributed by atoms with Gasteiger partial charge in [0.05, 0.1) is 12.5 Å². The van der Waals surface area contributed by atoms with E-state index in [1.54, 1.807) is 0 Å². The van der Waals surface area contributed by atoms with Crippen LogP contribution < -0.4 is 10.1 Å². The minimum absolute atomic E-state index is 0.170. The van der Waals surface area contributed by atoms with Gasteiger partial charge in [-0.25, -0.2) is 0 Å². The minimum atomic E-state index is -0.959. The lowest BCUT2D eigenvalue weighted by molar-refractivity contribution is -0.138. The smallest absolute Gasteiger partial charge is 0.305 e. The van der Waals surface area contributed by atoms with Gasteiger partial charge < -0.3 is 15.2 Å². The van der Waals surface area contributed by atoms with Crippen molar-refractivity contribution in [2.75, 3.05) is 0 Å². The van der Waals surface area contributed by atoms with Crippen LogP contribution in [0.1, 0.15) is 29.2 Å². The Kier molecular flexibility index (Phi) is 4.51. The van der Waals surface area contributed by atoms with Gasteiger partial charge >= 0.3 is 5.97 Å². The van der Waals surface area contributed by atoms with Crippen molar-refractivity contribution in [1.29, 1.82) is 0 Å². The number of hydrogen-bond acceptors (Lipinski definition) is 3. The zero-order valence-electron chi connectivity index (χ0n) is 13.4. The van der Waals surface area contributed by atoms with E-state index in [-0.39, 0.29) is 12.3 Å². The molecular weight excluding hydrogens is 306 g/mol. The summed E-state index contributed by atoms with van der Waals surface area (Å²) >= 11 is 0. The number of amides is 1. The second kappa shape index (κ2) is 6.74. The number of aryl methyl sites for hydroxylation is 1. The van der Waals surface area contributed by atoms with E-state index in [2.05, 4.69) is 5.32 Å². The van der Waals surface area contributed by atoms with Crippen molar-refractivity contribution in [1.82, 2.24) is 5.32 Å². The molecule has 24 heavy (non-hydrogen) atoms. The van der Waals surface area contributed by atoms with E-state index >= 15 is 0 Å². The number of benzene rings is 2. The van der Waals surface area contributed by atoms with Crippen molar-refractivity contribution in [3.63, 3.8) is 0 Å². The molecule has 0 aliphatic carbocycles. The monoisotopic (exact) mass is 325 g/mol. The number of carboxylic acid groups (broad SMARTS) is 1. The molecule has 0 aromatic heterocycles. The molecule has 1 aliphatic rings. The zero-order chi connectivity index (χ0) is 17.1. The summed E-state index contributed by atoms with van der Waals surface area (Å²) in [5, 5.41) is 12.0. The van der Waals surface area contributed by atoms with Gasteiger partial charge in [-0.15, -0.1) is 0 Å². The van der Waals surface area contributed by atoms with E-state index in [0.29, 0.717) is 12.2 Å². The Hall–Kier alpha value is -2.82. The number of carbonyl (C=O) groups excluding carboxylic acids is 1. The average Bonchev–Trinajstić information content (AvgIpc) is 2.98. The third-order valence-corrected chi connectivity index (χ3v) is 4.20. The maximum Gasteiger partial charge on any atom is 0.305 e. The Labute approximate surface area is 140 Å². The highest BCUT2D eigenvalue weighted by molar-refractivity contribution is 5.83. The lowest BCUT2D eigenvalue weighted by Gasteiger charge is -2.21. The van der Waals surface area contributed by atoms with Gasteiger partial charge in [0.25, 0.3) is 5.91 Å². The molecule has 1 heterocycles. The Morgan fingerprint density at radius 2 is 1.92 bits per heavy atom. The van der Waals surface area contributed by atoms with Crippen LogP contribution in [-0.4, -0.2) is 23.1 Å². The summed E-state index contributed by atoms with van der Waals surface area (Å²) in [5.74, 6) is -0.539. The van der Waals surface area contributed by atoms with Gasteiger partial charge in [-0.1, -0.05) is 42.5 Å². The van der Waals surface area contributed by atoms with E-state index in [1.165, 1.54) is 0 Å². The number of hydrogen-bond donors (Lipinski definition) is 2. The van der Waals surface area contributed by atoms with Gasteiger partial charge in [0, 0.05) is 6.42 Å². The normalized spacial score (nSPS) is 16.8. The molecule has 0 radical (unpaired) electrons. The highest BCUT2D eigenvalue weighted by Crippen LogP contribution is 2.29. The number of ether oxygens (including phenoxy) is 1. The van der Waals surface area contributed by atoms with Gasteiger partial charge in [-0.2, -0.15) is 0 Å². The number of rotatable bonds is 5. The van der Waals surface area contributed by atoms with E-state index in [0.717, 1.165) is 16.7 Å². The lowest BCUT2D eigenvalue weighted by Crippen LogP contribution is -2.40. The van der Waals surface area contributed by atoms with Crippen LogP contribution in [0.25, 0.3) is 0 Å². The first kappa shape index (κ1) is 16.1. The molecule has 0 spiro atoms. The van der Waals surface area contributed by atoms with Crippen LogP contribution in [0.4, 0.5) is 0 Å². The molecule has 2 N–H and O–H groups in total. The van der Waals surface area contributed by atoms with Crippen LogP contribution in [-0.2, 0) is 16.0 Å². The summed E-state index contributed by atoms with van der Waals surface area (Å²) in [6, 6.07) is 14.4. The SMILES string of the molecule is Cc1ccccc1[C@@H](CC(=O)O)NC(=O)[C@@H]1Cc2ccccc2O1. The first-order chi connectivity index (χ1) is 11.5. The number of aliphatic carboxylic acids is 1. The Morgan fingerprint density at radius 1 is 1.21 bits per heavy atom. The van der Waals surface area contributed by atoms with Gasteiger partial charge in [0.15, 0.2) is 6.10 Å². The fraction of sp³-hybridized carbons (Fsp3) is 0.263. The van der Waals surface area contributed by atoms with E-state index < -0.39 is 18.1 Å². The van der Waals surface area contributed by atoms with Crippen LogP contribution >= 0.6 is 0 Å². The molecule has 0 saturated carbocycles. The molecule has 2 atom stereocenters. The molecule has 0 unspecified atom stereocenters. The Bertz CT molecular complexity index is 746. The Morgan fingerprint density at radius 3 is 2.62 bits per heavy atom. The highest BCUT2D eigenvalue weighted by atomic mass is 16.5. The largest absolute Gasteiger partial charge is 0.481 e. The second-order valence-corrected chi connectivity index (χ2v) is 5.93. The number of nitrogens with one attached hydrogen (secondary N) is 1. The van der Waals surface area contributed by atoms with Crippen molar-refractivity contribution in [3.05, 3.63) is 65.2 Å². The van der Waals surface area contributed by atoms with Gasteiger partial charge in [0.1, 0.15) is 5.75 Å². The van der Waals surface area contributed by atoms with Crippen LogP contribution in [0.15, 0.2) is 48.5 Å². The standard InChI is InChI=1S/C19H19NO4/c1-12-6-2-4-8-14(12)15(11-18(21)22)20-19(23)17-10-13-7-3-5-9-16(13)24-17/h2-9,15,17H,10-11H2,1H3,(H,20,23)(H,21,22)/t15-,17+/m1/s1. The van der Waals surface area contributed by atoms with E-state index in [4.69, 9.17) is 4.74 Å². The first-order valence-corrected chi connectivity index (χ1v) is 7.87. The summed E-state index contributed by atoms with van der Waals surface area (Å²) in [6.07, 6.45) is -0.297. The summed E-state index contributed by atoms with van der Waals surface area (Å²) < 4.78 is 5.68. The minimum Gasteiger partial charge on any atom is -0.481 e. The van der Waals surface area contributed by atoms with Crippen molar-refractivity contribution in [2.24, 2.45) is 0 Å². The summed E-state index contributed by atoms with van der Waals surface area (Å²) in [4.78, 5) is 23.8. The Balaban J connectivity index is 1.75. The molecular formula is C19H19NO4. The van der Waals surface area contributed by atoms with Gasteiger partial charge in [0.2, 0.25) is 0 Å². The third kappa shape index (κ3) is 3.40. The van der Waals surface area contributed by atoms with Crippen LogP contribution in [0, 0.1) is 6.92 Å². The van der Waals surface area contributed by atoms with Crippen LogP contribution in [0.3, 0.4) is 0 Å². The molecule has 5 heteroatoms. The van der Waals surface area contributed by atoms with Crippen molar-refractivity contribution in [3.8, 4) is 5.75 Å². The van der Waals surface area contributed by atoms with Crippen LogP contribution in [0.2, 0.25) is 0 Å². The molecule has 1 amide bonds. The highest BCUT2D eigenvalue weighted by Gasteiger charge is 2.31. The van der Waals surface area contributed by atoms with E-state index in [9.17, 15) is 14.7 Å².